The van der Waals surface area contributed by atoms with Gasteiger partial charge in [0.05, 0.1) is 0 Å². The molecule has 0 radical (unpaired) electrons. The summed E-state index contributed by atoms with van der Waals surface area (Å²) in [5, 5.41) is 0. The van der Waals surface area contributed by atoms with Gasteiger partial charge in [-0.25, -0.2) is 0 Å². The lowest BCUT2D eigenvalue weighted by molar-refractivity contribution is 0.141. The van der Waals surface area contributed by atoms with Crippen molar-refractivity contribution in [2.45, 2.75) is 18.9 Å². The number of nitrogens with zero attached hydrogens (tertiary/aromatic N) is 2. The van der Waals surface area contributed by atoms with Crippen molar-refractivity contribution in [2.24, 2.45) is 11.7 Å². The van der Waals surface area contributed by atoms with Gasteiger partial charge in [0.2, 0.25) is 0 Å². The third-order valence-electron chi connectivity index (χ3n) is 3.35. The monoisotopic (exact) mass is 205 g/mol. The fraction of sp³-hybridized carbons (Fsp3) is 0.583. The van der Waals surface area contributed by atoms with Crippen LogP contribution in [-0.4, -0.2) is 30.0 Å². The standard InChI is InChI=1S/C12H19N3/c1-15-9-10(8-13)2-3-12(15)11-4-6-14-7-5-11/h4-7,10,12H,2-3,8-9,13H2,1H3. The lowest BCUT2D eigenvalue weighted by atomic mass is 9.90. The first kappa shape index (κ1) is 10.6. The number of aromatic nitrogens is 1. The van der Waals surface area contributed by atoms with E-state index in [9.17, 15) is 0 Å². The van der Waals surface area contributed by atoms with Crippen LogP contribution >= 0.6 is 0 Å². The van der Waals surface area contributed by atoms with E-state index < -0.39 is 0 Å². The normalized spacial score (nSPS) is 27.9. The van der Waals surface area contributed by atoms with Crippen molar-refractivity contribution in [2.75, 3.05) is 20.1 Å². The van der Waals surface area contributed by atoms with Crippen molar-refractivity contribution in [3.05, 3.63) is 30.1 Å². The maximum absolute atomic E-state index is 5.71. The summed E-state index contributed by atoms with van der Waals surface area (Å²) in [6.45, 7) is 1.93. The third kappa shape index (κ3) is 2.36. The van der Waals surface area contributed by atoms with Gasteiger partial charge < -0.3 is 5.73 Å². The van der Waals surface area contributed by atoms with E-state index in [1.807, 2.05) is 12.4 Å². The van der Waals surface area contributed by atoms with E-state index in [0.717, 1.165) is 13.1 Å². The summed E-state index contributed by atoms with van der Waals surface area (Å²) in [7, 11) is 2.19. The second-order valence-electron chi connectivity index (χ2n) is 4.41. The lowest BCUT2D eigenvalue weighted by Crippen LogP contribution is -2.38. The maximum atomic E-state index is 5.71. The number of nitrogens with two attached hydrogens (primary N) is 1. The number of hydrogen-bond acceptors (Lipinski definition) is 3. The molecule has 1 fully saturated rings. The molecule has 1 saturated heterocycles. The Morgan fingerprint density at radius 1 is 1.40 bits per heavy atom. The number of pyridine rings is 1. The van der Waals surface area contributed by atoms with Gasteiger partial charge in [0.15, 0.2) is 0 Å². The van der Waals surface area contributed by atoms with E-state index in [-0.39, 0.29) is 0 Å². The van der Waals surface area contributed by atoms with E-state index >= 15 is 0 Å². The summed E-state index contributed by atoms with van der Waals surface area (Å²) in [4.78, 5) is 6.47. The molecule has 0 aromatic carbocycles. The highest BCUT2D eigenvalue weighted by atomic mass is 15.1. The molecule has 2 rings (SSSR count). The molecule has 0 bridgehead atoms. The molecule has 15 heavy (non-hydrogen) atoms. The van der Waals surface area contributed by atoms with Gasteiger partial charge in [-0.15, -0.1) is 0 Å². The highest BCUT2D eigenvalue weighted by molar-refractivity contribution is 5.15. The molecule has 3 nitrogen and oxygen atoms in total. The predicted molar refractivity (Wildman–Crippen MR) is 61.4 cm³/mol. The summed E-state index contributed by atoms with van der Waals surface area (Å²) < 4.78 is 0. The van der Waals surface area contributed by atoms with Gasteiger partial charge in [-0.3, -0.25) is 9.88 Å². The minimum atomic E-state index is 0.552. The van der Waals surface area contributed by atoms with E-state index in [1.165, 1.54) is 18.4 Å². The average molecular weight is 205 g/mol. The van der Waals surface area contributed by atoms with Crippen LogP contribution in [0.1, 0.15) is 24.4 Å². The van der Waals surface area contributed by atoms with Gasteiger partial charge in [-0.05, 0) is 50.0 Å². The molecule has 82 valence electrons. The van der Waals surface area contributed by atoms with Crippen LogP contribution in [0.3, 0.4) is 0 Å². The Hall–Kier alpha value is -0.930. The van der Waals surface area contributed by atoms with Crippen LogP contribution in [0.25, 0.3) is 0 Å². The van der Waals surface area contributed by atoms with E-state index in [1.54, 1.807) is 0 Å². The van der Waals surface area contributed by atoms with Crippen LogP contribution in [0, 0.1) is 5.92 Å². The molecule has 0 saturated carbocycles. The molecular formula is C12H19N3. The summed E-state index contributed by atoms with van der Waals surface area (Å²) in [6.07, 6.45) is 6.20. The Balaban J connectivity index is 2.06. The zero-order valence-corrected chi connectivity index (χ0v) is 9.26. The van der Waals surface area contributed by atoms with Gasteiger partial charge in [-0.2, -0.15) is 0 Å². The van der Waals surface area contributed by atoms with Gasteiger partial charge >= 0.3 is 0 Å². The average Bonchev–Trinajstić information content (AvgIpc) is 2.30. The van der Waals surface area contributed by atoms with Crippen molar-refractivity contribution < 1.29 is 0 Å². The Morgan fingerprint density at radius 3 is 2.73 bits per heavy atom. The molecule has 0 spiro atoms. The van der Waals surface area contributed by atoms with Crippen molar-refractivity contribution in [1.29, 1.82) is 0 Å². The molecular weight excluding hydrogens is 186 g/mol. The molecule has 0 amide bonds. The Bertz CT molecular complexity index is 299. The number of hydrogen-bond donors (Lipinski definition) is 1. The minimum Gasteiger partial charge on any atom is -0.330 e. The SMILES string of the molecule is CN1CC(CN)CCC1c1ccncc1. The molecule has 1 aliphatic rings. The van der Waals surface area contributed by atoms with E-state index in [2.05, 4.69) is 29.1 Å². The molecule has 2 heterocycles. The van der Waals surface area contributed by atoms with Gasteiger partial charge in [0.25, 0.3) is 0 Å². The van der Waals surface area contributed by atoms with E-state index in [0.29, 0.717) is 12.0 Å². The molecule has 1 aromatic heterocycles. The van der Waals surface area contributed by atoms with Crippen LogP contribution in [0.2, 0.25) is 0 Å². The molecule has 1 aromatic rings. The van der Waals surface area contributed by atoms with Gasteiger partial charge in [0.1, 0.15) is 0 Å². The Kier molecular flexibility index (Phi) is 3.34. The Labute approximate surface area is 91.3 Å². The zero-order valence-electron chi connectivity index (χ0n) is 9.26. The van der Waals surface area contributed by atoms with Crippen LogP contribution < -0.4 is 5.73 Å². The Morgan fingerprint density at radius 2 is 2.13 bits per heavy atom. The molecule has 2 atom stereocenters. The first-order chi connectivity index (χ1) is 7.31. The smallest absolute Gasteiger partial charge is 0.0346 e. The van der Waals surface area contributed by atoms with Crippen LogP contribution in [0.5, 0.6) is 0 Å². The summed E-state index contributed by atoms with van der Waals surface area (Å²) in [6, 6.07) is 4.78. The fourth-order valence-electron chi connectivity index (χ4n) is 2.44. The topological polar surface area (TPSA) is 42.1 Å². The molecule has 3 heteroatoms. The molecule has 2 unspecified atom stereocenters. The van der Waals surface area contributed by atoms with E-state index in [4.69, 9.17) is 5.73 Å². The van der Waals surface area contributed by atoms with Crippen LogP contribution in [0.4, 0.5) is 0 Å². The molecule has 2 N–H and O–H groups in total. The second-order valence-corrected chi connectivity index (χ2v) is 4.41. The zero-order chi connectivity index (χ0) is 10.7. The first-order valence-corrected chi connectivity index (χ1v) is 5.61. The second kappa shape index (κ2) is 4.73. The van der Waals surface area contributed by atoms with Crippen LogP contribution in [0.15, 0.2) is 24.5 Å². The third-order valence-corrected chi connectivity index (χ3v) is 3.35. The summed E-state index contributed by atoms with van der Waals surface area (Å²) in [5.74, 6) is 0.674. The van der Waals surface area contributed by atoms with Crippen molar-refractivity contribution >= 4 is 0 Å². The highest BCUT2D eigenvalue weighted by Gasteiger charge is 2.25. The van der Waals surface area contributed by atoms with Crippen molar-refractivity contribution in [3.8, 4) is 0 Å². The highest BCUT2D eigenvalue weighted by Crippen LogP contribution is 2.31. The molecule has 1 aliphatic heterocycles. The fourth-order valence-corrected chi connectivity index (χ4v) is 2.44. The number of piperidine rings is 1. The van der Waals surface area contributed by atoms with Crippen LogP contribution in [-0.2, 0) is 0 Å². The van der Waals surface area contributed by atoms with Crippen molar-refractivity contribution in [3.63, 3.8) is 0 Å². The molecule has 0 aliphatic carbocycles. The van der Waals surface area contributed by atoms with Crippen molar-refractivity contribution in [1.82, 2.24) is 9.88 Å². The minimum absolute atomic E-state index is 0.552. The lowest BCUT2D eigenvalue weighted by Gasteiger charge is -2.37. The largest absolute Gasteiger partial charge is 0.330 e. The first-order valence-electron chi connectivity index (χ1n) is 5.61. The summed E-state index contributed by atoms with van der Waals surface area (Å²) >= 11 is 0. The van der Waals surface area contributed by atoms with Gasteiger partial charge in [0, 0.05) is 25.0 Å². The number of likely N-dealkylation sites (tertiary alicyclic amines) is 1. The summed E-state index contributed by atoms with van der Waals surface area (Å²) in [5.41, 5.74) is 7.09. The quantitative estimate of drug-likeness (QED) is 0.794. The number of rotatable bonds is 2. The maximum Gasteiger partial charge on any atom is 0.0346 e. The van der Waals surface area contributed by atoms with Gasteiger partial charge in [-0.1, -0.05) is 0 Å². The predicted octanol–water partition coefficient (Wildman–Crippen LogP) is 1.42.